The van der Waals surface area contributed by atoms with Crippen LogP contribution in [0.2, 0.25) is 0 Å². The van der Waals surface area contributed by atoms with Crippen molar-refractivity contribution in [3.8, 4) is 11.4 Å². The summed E-state index contributed by atoms with van der Waals surface area (Å²) in [6, 6.07) is 9.99. The fourth-order valence-electron chi connectivity index (χ4n) is 3.73. The van der Waals surface area contributed by atoms with Gasteiger partial charge in [-0.3, -0.25) is 10.3 Å². The fourth-order valence-corrected chi connectivity index (χ4v) is 4.78. The van der Waals surface area contributed by atoms with Crippen LogP contribution < -0.4 is 16.1 Å². The van der Waals surface area contributed by atoms with Crippen molar-refractivity contribution in [3.05, 3.63) is 65.8 Å². The number of nitrogens with zero attached hydrogens (tertiary/aromatic N) is 5. The number of nitrogens with two attached hydrogens (primary N) is 1. The predicted octanol–water partition coefficient (Wildman–Crippen LogP) is 3.81. The Balaban J connectivity index is 1.32. The zero-order chi connectivity index (χ0) is 24.7. The molecule has 11 heteroatoms. The molecule has 5 rings (SSSR count). The molecule has 0 atom stereocenters. The summed E-state index contributed by atoms with van der Waals surface area (Å²) < 4.78 is 12.6. The maximum Gasteiger partial charge on any atom is 0.219 e. The molecule has 3 aromatic heterocycles. The van der Waals surface area contributed by atoms with E-state index in [1.807, 2.05) is 24.3 Å². The molecule has 0 radical (unpaired) electrons. The number of benzene rings is 1. The highest BCUT2D eigenvalue weighted by molar-refractivity contribution is 7.19. The van der Waals surface area contributed by atoms with Crippen LogP contribution in [0.5, 0.6) is 0 Å². The van der Waals surface area contributed by atoms with Crippen LogP contribution in [0.1, 0.15) is 10.4 Å². The van der Waals surface area contributed by atoms with Crippen molar-refractivity contribution in [3.63, 3.8) is 0 Å². The summed E-state index contributed by atoms with van der Waals surface area (Å²) >= 11 is 1.65. The van der Waals surface area contributed by atoms with Crippen LogP contribution in [-0.2, 0) is 27.5 Å². The lowest BCUT2D eigenvalue weighted by molar-refractivity contribution is 0.109. The third kappa shape index (κ3) is 5.77. The molecule has 186 valence electrons. The van der Waals surface area contributed by atoms with Crippen LogP contribution in [0.15, 0.2) is 55.4 Å². The molecule has 0 spiro atoms. The van der Waals surface area contributed by atoms with Gasteiger partial charge in [-0.2, -0.15) is 0 Å². The zero-order valence-electron chi connectivity index (χ0n) is 19.7. The Morgan fingerprint density at radius 3 is 2.64 bits per heavy atom. The Morgan fingerprint density at radius 1 is 1.11 bits per heavy atom. The summed E-state index contributed by atoms with van der Waals surface area (Å²) in [5.74, 6) is 1.68. The number of hydrogen-bond donors (Lipinski definition) is 2. The van der Waals surface area contributed by atoms with Gasteiger partial charge in [-0.1, -0.05) is 18.2 Å². The normalized spacial score (nSPS) is 13.7. The van der Waals surface area contributed by atoms with E-state index in [9.17, 15) is 0 Å². The first kappa shape index (κ1) is 24.1. The van der Waals surface area contributed by atoms with E-state index in [0.29, 0.717) is 38.9 Å². The Hall–Kier alpha value is -3.64. The summed E-state index contributed by atoms with van der Waals surface area (Å²) in [5.41, 5.74) is 12.1. The molecule has 0 bridgehead atoms. The van der Waals surface area contributed by atoms with Crippen molar-refractivity contribution in [2.24, 2.45) is 0 Å². The second-order valence-electron chi connectivity index (χ2n) is 8.12. The maximum absolute atomic E-state index is 6.02. The average Bonchev–Trinajstić information content (AvgIpc) is 3.33. The smallest absolute Gasteiger partial charge is 0.219 e. The third-order valence-corrected chi connectivity index (χ3v) is 6.60. The second-order valence-corrected chi connectivity index (χ2v) is 9.26. The molecule has 0 saturated carbocycles. The molecule has 4 heterocycles. The standard InChI is InChI=1S/C25H27N7O3S/c1-2-9-35-31-19-5-3-17(4-6-19)15-34-16-20-12-21-22(36-20)24(32-7-10-33-11-8-32)30-23(29-21)18-13-27-25(26)28-14-18/h2-6,12-14,31H,1,7-11,15-16H2,(H2,26,27,28). The molecule has 4 aromatic rings. The summed E-state index contributed by atoms with van der Waals surface area (Å²) in [6.45, 7) is 7.92. The minimum atomic E-state index is 0.218. The van der Waals surface area contributed by atoms with E-state index in [-0.39, 0.29) is 5.95 Å². The molecular weight excluding hydrogens is 478 g/mol. The number of thiophene rings is 1. The van der Waals surface area contributed by atoms with Gasteiger partial charge in [0.15, 0.2) is 11.6 Å². The first-order chi connectivity index (χ1) is 17.7. The number of nitrogens with one attached hydrogen (secondary N) is 1. The van der Waals surface area contributed by atoms with Crippen molar-refractivity contribution in [1.29, 1.82) is 0 Å². The molecule has 1 aromatic carbocycles. The monoisotopic (exact) mass is 505 g/mol. The third-order valence-electron chi connectivity index (χ3n) is 5.50. The summed E-state index contributed by atoms with van der Waals surface area (Å²) in [4.78, 5) is 26.4. The van der Waals surface area contributed by atoms with Gasteiger partial charge >= 0.3 is 0 Å². The quantitative estimate of drug-likeness (QED) is 0.187. The van der Waals surface area contributed by atoms with E-state index in [4.69, 9.17) is 30.0 Å². The highest BCUT2D eigenvalue weighted by Gasteiger charge is 2.20. The minimum absolute atomic E-state index is 0.218. The molecule has 0 unspecified atom stereocenters. The number of nitrogen functional groups attached to an aromatic ring is 1. The molecule has 1 fully saturated rings. The molecule has 0 aliphatic carbocycles. The van der Waals surface area contributed by atoms with Gasteiger partial charge in [0.25, 0.3) is 0 Å². The summed E-state index contributed by atoms with van der Waals surface area (Å²) in [7, 11) is 0. The fraction of sp³-hybridized carbons (Fsp3) is 0.280. The van der Waals surface area contributed by atoms with Gasteiger partial charge in [0.05, 0.1) is 54.5 Å². The molecular formula is C25H27N7O3S. The van der Waals surface area contributed by atoms with Gasteiger partial charge in [0.1, 0.15) is 0 Å². The predicted molar refractivity (Wildman–Crippen MR) is 141 cm³/mol. The molecule has 0 amide bonds. The average molecular weight is 506 g/mol. The summed E-state index contributed by atoms with van der Waals surface area (Å²) in [6.07, 6.45) is 4.98. The lowest BCUT2D eigenvalue weighted by Gasteiger charge is -2.28. The Bertz CT molecular complexity index is 1310. The van der Waals surface area contributed by atoms with Gasteiger partial charge in [-0.05, 0) is 23.8 Å². The second kappa shape index (κ2) is 11.4. The number of rotatable bonds is 10. The van der Waals surface area contributed by atoms with Gasteiger partial charge in [-0.15, -0.1) is 17.9 Å². The van der Waals surface area contributed by atoms with Gasteiger partial charge in [0.2, 0.25) is 5.95 Å². The first-order valence-corrected chi connectivity index (χ1v) is 12.4. The first-order valence-electron chi connectivity index (χ1n) is 11.6. The van der Waals surface area contributed by atoms with Crippen LogP contribution >= 0.6 is 11.3 Å². The van der Waals surface area contributed by atoms with E-state index >= 15 is 0 Å². The highest BCUT2D eigenvalue weighted by atomic mass is 32.1. The van der Waals surface area contributed by atoms with Crippen molar-refractivity contribution >= 4 is 39.0 Å². The number of morpholine rings is 1. The van der Waals surface area contributed by atoms with E-state index in [1.165, 1.54) is 0 Å². The van der Waals surface area contributed by atoms with Crippen molar-refractivity contribution in [2.45, 2.75) is 13.2 Å². The Kier molecular flexibility index (Phi) is 7.62. The molecule has 3 N–H and O–H groups in total. The molecule has 10 nitrogen and oxygen atoms in total. The molecule has 1 aliphatic heterocycles. The van der Waals surface area contributed by atoms with Gasteiger partial charge in [0, 0.05) is 30.4 Å². The van der Waals surface area contributed by atoms with Crippen molar-refractivity contribution in [2.75, 3.05) is 49.0 Å². The minimum Gasteiger partial charge on any atom is -0.378 e. The van der Waals surface area contributed by atoms with Crippen molar-refractivity contribution < 1.29 is 14.3 Å². The number of fused-ring (bicyclic) bond motifs is 1. The Morgan fingerprint density at radius 2 is 1.89 bits per heavy atom. The number of ether oxygens (including phenoxy) is 2. The number of hydrogen-bond acceptors (Lipinski definition) is 11. The highest BCUT2D eigenvalue weighted by Crippen LogP contribution is 2.34. The van der Waals surface area contributed by atoms with Crippen LogP contribution in [-0.4, -0.2) is 52.8 Å². The van der Waals surface area contributed by atoms with E-state index < -0.39 is 0 Å². The molecule has 36 heavy (non-hydrogen) atoms. The number of anilines is 3. The topological polar surface area (TPSA) is 121 Å². The largest absolute Gasteiger partial charge is 0.378 e. The van der Waals surface area contributed by atoms with Gasteiger partial charge in [-0.25, -0.2) is 19.9 Å². The van der Waals surface area contributed by atoms with Crippen LogP contribution in [0.25, 0.3) is 21.6 Å². The number of aromatic nitrogens is 4. The van der Waals surface area contributed by atoms with Crippen molar-refractivity contribution in [1.82, 2.24) is 19.9 Å². The van der Waals surface area contributed by atoms with Crippen LogP contribution in [0, 0.1) is 0 Å². The summed E-state index contributed by atoms with van der Waals surface area (Å²) in [5, 5.41) is 0. The van der Waals surface area contributed by atoms with E-state index in [2.05, 4.69) is 33.0 Å². The molecule has 1 aliphatic rings. The lowest BCUT2D eigenvalue weighted by Crippen LogP contribution is -2.36. The van der Waals surface area contributed by atoms with Crippen LogP contribution in [0.3, 0.4) is 0 Å². The zero-order valence-corrected chi connectivity index (χ0v) is 20.5. The van der Waals surface area contributed by atoms with E-state index in [0.717, 1.165) is 50.8 Å². The maximum atomic E-state index is 6.02. The van der Waals surface area contributed by atoms with Crippen LogP contribution in [0.4, 0.5) is 17.5 Å². The van der Waals surface area contributed by atoms with Gasteiger partial charge < -0.3 is 20.1 Å². The van der Waals surface area contributed by atoms with E-state index in [1.54, 1.807) is 29.8 Å². The SMILES string of the molecule is C=CCONc1ccc(COCc2cc3nc(-c4cnc(N)nc4)nc(N4CCOCC4)c3s2)cc1. The Labute approximate surface area is 212 Å². The molecule has 1 saturated heterocycles. The lowest BCUT2D eigenvalue weighted by atomic mass is 10.2.